The van der Waals surface area contributed by atoms with E-state index in [9.17, 15) is 17.2 Å². The van der Waals surface area contributed by atoms with Crippen molar-refractivity contribution in [1.29, 1.82) is 0 Å². The number of pyridine rings is 1. The van der Waals surface area contributed by atoms with Crippen LogP contribution in [0.25, 0.3) is 11.1 Å². The zero-order chi connectivity index (χ0) is 28.9. The van der Waals surface area contributed by atoms with Crippen LogP contribution in [-0.2, 0) is 29.7 Å². The normalized spacial score (nSPS) is 13.1. The minimum Gasteiger partial charge on any atom is -0.353 e. The highest BCUT2D eigenvalue weighted by Crippen LogP contribution is 2.40. The van der Waals surface area contributed by atoms with Gasteiger partial charge >= 0.3 is 0 Å². The molecule has 0 aliphatic carbocycles. The average molecular weight is 566 g/mol. The number of fused-ring (bicyclic) bond motifs is 1. The minimum atomic E-state index is -3.69. The summed E-state index contributed by atoms with van der Waals surface area (Å²) in [4.78, 5) is 17.6. The maximum atomic E-state index is 13.6. The van der Waals surface area contributed by atoms with Crippen molar-refractivity contribution in [2.45, 2.75) is 51.9 Å². The Morgan fingerprint density at radius 3 is 2.35 bits per heavy atom. The summed E-state index contributed by atoms with van der Waals surface area (Å²) in [6.07, 6.45) is -1.34. The number of alkyl halides is 2. The van der Waals surface area contributed by atoms with Gasteiger partial charge in [-0.25, -0.2) is 32.2 Å². The van der Waals surface area contributed by atoms with Gasteiger partial charge in [0.15, 0.2) is 9.84 Å². The quantitative estimate of drug-likeness (QED) is 0.330. The molecule has 5 rings (SSSR count). The number of sulfone groups is 1. The lowest BCUT2D eigenvalue weighted by atomic mass is 10.0. The van der Waals surface area contributed by atoms with Gasteiger partial charge in [0.2, 0.25) is 0 Å². The number of anilines is 2. The van der Waals surface area contributed by atoms with Crippen molar-refractivity contribution in [3.05, 3.63) is 70.3 Å². The lowest BCUT2D eigenvalue weighted by Gasteiger charge is -2.16. The Kier molecular flexibility index (Phi) is 6.99. The summed E-state index contributed by atoms with van der Waals surface area (Å²) in [6, 6.07) is 8.65. The first-order valence-corrected chi connectivity index (χ1v) is 14.5. The molecule has 0 amide bonds. The number of halogens is 2. The second kappa shape index (κ2) is 10.2. The summed E-state index contributed by atoms with van der Waals surface area (Å²) in [5.41, 5.74) is 6.47. The summed E-state index contributed by atoms with van der Waals surface area (Å²) >= 11 is 0. The molecule has 0 saturated heterocycles. The van der Waals surface area contributed by atoms with E-state index in [1.54, 1.807) is 29.8 Å². The first-order chi connectivity index (χ1) is 18.8. The van der Waals surface area contributed by atoms with Crippen LogP contribution in [-0.4, -0.2) is 51.5 Å². The van der Waals surface area contributed by atoms with Crippen LogP contribution in [0.15, 0.2) is 40.2 Å². The van der Waals surface area contributed by atoms with Gasteiger partial charge in [-0.15, -0.1) is 0 Å². The summed E-state index contributed by atoms with van der Waals surface area (Å²) in [7, 11) is -1.86. The minimum absolute atomic E-state index is 0.0675. The molecule has 9 nitrogen and oxygen atoms in total. The fourth-order valence-corrected chi connectivity index (χ4v) is 5.92. The molecule has 1 aliphatic heterocycles. The third-order valence-electron chi connectivity index (χ3n) is 6.80. The second-order valence-electron chi connectivity index (χ2n) is 10.0. The molecule has 12 heteroatoms. The molecule has 0 saturated carbocycles. The molecule has 0 spiro atoms. The predicted molar refractivity (Wildman–Crippen MR) is 150 cm³/mol. The molecular weight excluding hydrogens is 536 g/mol. The van der Waals surface area contributed by atoms with Crippen LogP contribution >= 0.6 is 0 Å². The number of aromatic nitrogens is 5. The summed E-state index contributed by atoms with van der Waals surface area (Å²) in [5, 5.41) is 7.62. The predicted octanol–water partition coefficient (Wildman–Crippen LogP) is 5.14. The molecule has 208 valence electrons. The van der Waals surface area contributed by atoms with Crippen molar-refractivity contribution in [2.24, 2.45) is 12.0 Å². The van der Waals surface area contributed by atoms with Crippen molar-refractivity contribution in [1.82, 2.24) is 24.7 Å². The van der Waals surface area contributed by atoms with Crippen LogP contribution in [0, 0.1) is 27.7 Å². The van der Waals surface area contributed by atoms with E-state index in [0.717, 1.165) is 34.6 Å². The van der Waals surface area contributed by atoms with E-state index in [4.69, 9.17) is 0 Å². The van der Waals surface area contributed by atoms with Gasteiger partial charge in [-0.05, 0) is 57.5 Å². The van der Waals surface area contributed by atoms with E-state index in [-0.39, 0.29) is 22.7 Å². The molecule has 1 aromatic carbocycles. The van der Waals surface area contributed by atoms with Crippen LogP contribution in [0.5, 0.6) is 0 Å². The highest BCUT2D eigenvalue weighted by molar-refractivity contribution is 7.90. The van der Waals surface area contributed by atoms with Gasteiger partial charge in [-0.3, -0.25) is 9.67 Å². The Hall–Kier alpha value is -4.06. The third-order valence-corrected chi connectivity index (χ3v) is 7.94. The van der Waals surface area contributed by atoms with E-state index in [0.29, 0.717) is 40.6 Å². The molecule has 0 radical (unpaired) electrons. The molecule has 4 aromatic rings. The molecule has 1 aliphatic rings. The monoisotopic (exact) mass is 565 g/mol. The average Bonchev–Trinajstić information content (AvgIpc) is 3.38. The number of aryl methyl sites for hydroxylation is 4. The van der Waals surface area contributed by atoms with Gasteiger partial charge in [-0.2, -0.15) is 5.10 Å². The third kappa shape index (κ3) is 5.35. The zero-order valence-corrected chi connectivity index (χ0v) is 23.9. The van der Waals surface area contributed by atoms with Crippen LogP contribution in [0.4, 0.5) is 25.8 Å². The van der Waals surface area contributed by atoms with Crippen LogP contribution in [0.2, 0.25) is 0 Å². The SMILES string of the molecule is Cc1cc(Cc2cc(Nc3ccc(-c4c(C)nn(C)c4C)cc3S(C)(=O)=O)c3c(n2)CC(C(F)F)=N3)nc(C)n1. The van der Waals surface area contributed by atoms with E-state index in [2.05, 4.69) is 30.4 Å². The summed E-state index contributed by atoms with van der Waals surface area (Å²) in [5.74, 6) is 0.620. The van der Waals surface area contributed by atoms with Gasteiger partial charge in [0.05, 0.1) is 39.1 Å². The number of hydrogen-bond donors (Lipinski definition) is 1. The maximum absolute atomic E-state index is 13.6. The van der Waals surface area contributed by atoms with Gasteiger partial charge in [-0.1, -0.05) is 6.07 Å². The van der Waals surface area contributed by atoms with Crippen LogP contribution < -0.4 is 5.32 Å². The Morgan fingerprint density at radius 2 is 1.73 bits per heavy atom. The Labute approximate surface area is 231 Å². The smallest absolute Gasteiger partial charge is 0.277 e. The summed E-state index contributed by atoms with van der Waals surface area (Å²) in [6.45, 7) is 7.46. The Bertz CT molecular complexity index is 1780. The van der Waals surface area contributed by atoms with Crippen molar-refractivity contribution in [3.8, 4) is 11.1 Å². The van der Waals surface area contributed by atoms with Crippen molar-refractivity contribution in [2.75, 3.05) is 11.6 Å². The van der Waals surface area contributed by atoms with E-state index in [1.807, 2.05) is 40.0 Å². The zero-order valence-electron chi connectivity index (χ0n) is 23.0. The van der Waals surface area contributed by atoms with Gasteiger partial charge < -0.3 is 5.32 Å². The van der Waals surface area contributed by atoms with Gasteiger partial charge in [0.25, 0.3) is 6.43 Å². The molecule has 4 heterocycles. The van der Waals surface area contributed by atoms with E-state index in [1.165, 1.54) is 0 Å². The van der Waals surface area contributed by atoms with Crippen LogP contribution in [0.3, 0.4) is 0 Å². The van der Waals surface area contributed by atoms with Gasteiger partial charge in [0.1, 0.15) is 11.5 Å². The molecule has 3 aromatic heterocycles. The maximum Gasteiger partial charge on any atom is 0.277 e. The Morgan fingerprint density at radius 1 is 1.00 bits per heavy atom. The first-order valence-electron chi connectivity index (χ1n) is 12.6. The highest BCUT2D eigenvalue weighted by atomic mass is 32.2. The topological polar surface area (TPSA) is 115 Å². The molecule has 0 bridgehead atoms. The lowest BCUT2D eigenvalue weighted by molar-refractivity contribution is 0.224. The molecule has 40 heavy (non-hydrogen) atoms. The number of hydrogen-bond acceptors (Lipinski definition) is 8. The van der Waals surface area contributed by atoms with Crippen molar-refractivity contribution < 1.29 is 17.2 Å². The fraction of sp³-hybridized carbons (Fsp3) is 0.321. The van der Waals surface area contributed by atoms with E-state index < -0.39 is 16.3 Å². The number of benzene rings is 1. The first kappa shape index (κ1) is 27.5. The van der Waals surface area contributed by atoms with Gasteiger partial charge in [0, 0.05) is 48.8 Å². The second-order valence-corrected chi connectivity index (χ2v) is 12.0. The van der Waals surface area contributed by atoms with E-state index >= 15 is 0 Å². The molecular formula is C28H29F2N7O2S. The largest absolute Gasteiger partial charge is 0.353 e. The fourth-order valence-electron chi connectivity index (χ4n) is 5.06. The lowest BCUT2D eigenvalue weighted by Crippen LogP contribution is -2.10. The number of rotatable bonds is 7. The molecule has 1 N–H and O–H groups in total. The highest BCUT2D eigenvalue weighted by Gasteiger charge is 2.27. The number of nitrogens with one attached hydrogen (secondary N) is 1. The standard InChI is InChI=1S/C28H29F2N7O2S/c1-14-9-19(32-17(4)31-14)11-20-12-22(27-23(33-20)13-24(35-27)28(29)30)34-21-8-7-18(10-25(21)40(6,38)39)26-15(2)36-37(5)16(26)3/h7-10,12,28H,11,13H2,1-6H3,(H,33,34). The van der Waals surface area contributed by atoms with Crippen LogP contribution in [0.1, 0.15) is 40.0 Å². The number of nitrogens with zero attached hydrogens (tertiary/aromatic N) is 6. The number of aliphatic imine (C=N–C) groups is 1. The summed E-state index contributed by atoms with van der Waals surface area (Å²) < 4.78 is 54.8. The van der Waals surface area contributed by atoms with Crippen molar-refractivity contribution in [3.63, 3.8) is 0 Å². The molecule has 0 atom stereocenters. The van der Waals surface area contributed by atoms with Crippen molar-refractivity contribution >= 4 is 32.6 Å². The molecule has 0 fully saturated rings. The Balaban J connectivity index is 1.61. The molecule has 0 unspecified atom stereocenters.